The van der Waals surface area contributed by atoms with Crippen LogP contribution in [0.4, 0.5) is 0 Å². The van der Waals surface area contributed by atoms with Gasteiger partial charge in [-0.25, -0.2) is 4.79 Å². The molecule has 1 fully saturated rings. The molecule has 1 saturated heterocycles. The SMILES string of the molecule is Cc1ccc(CN2CCN(C(=O)c3nn(C)cc3C(=O)O)CC2)cc1. The van der Waals surface area contributed by atoms with Gasteiger partial charge in [-0.3, -0.25) is 14.4 Å². The van der Waals surface area contributed by atoms with Crippen molar-refractivity contribution in [3.63, 3.8) is 0 Å². The highest BCUT2D eigenvalue weighted by Crippen LogP contribution is 2.14. The lowest BCUT2D eigenvalue weighted by atomic mass is 10.1. The largest absolute Gasteiger partial charge is 0.478 e. The molecule has 0 radical (unpaired) electrons. The summed E-state index contributed by atoms with van der Waals surface area (Å²) in [5.41, 5.74) is 2.46. The van der Waals surface area contributed by atoms with E-state index in [9.17, 15) is 14.7 Å². The molecule has 1 amide bonds. The number of carboxylic acids is 1. The first kappa shape index (κ1) is 17.2. The number of carbonyl (C=O) groups excluding carboxylic acids is 1. The molecule has 0 atom stereocenters. The van der Waals surface area contributed by atoms with Gasteiger partial charge in [0.1, 0.15) is 5.56 Å². The van der Waals surface area contributed by atoms with Crippen molar-refractivity contribution >= 4 is 11.9 Å². The van der Waals surface area contributed by atoms with Crippen LogP contribution in [0, 0.1) is 6.92 Å². The van der Waals surface area contributed by atoms with E-state index in [1.54, 1.807) is 11.9 Å². The second-order valence-electron chi connectivity index (χ2n) is 6.42. The van der Waals surface area contributed by atoms with Crippen LogP contribution in [0.3, 0.4) is 0 Å². The predicted molar refractivity (Wildman–Crippen MR) is 92.5 cm³/mol. The van der Waals surface area contributed by atoms with E-state index in [4.69, 9.17) is 0 Å². The Kier molecular flexibility index (Phi) is 4.85. The molecule has 1 aromatic carbocycles. The molecular formula is C18H22N4O3. The number of aromatic nitrogens is 2. The number of benzene rings is 1. The van der Waals surface area contributed by atoms with Crippen LogP contribution in [0.1, 0.15) is 32.0 Å². The Balaban J connectivity index is 1.61. The van der Waals surface area contributed by atoms with Gasteiger partial charge in [0.15, 0.2) is 5.69 Å². The number of piperazine rings is 1. The van der Waals surface area contributed by atoms with E-state index in [0.29, 0.717) is 13.1 Å². The van der Waals surface area contributed by atoms with Crippen molar-refractivity contribution in [3.05, 3.63) is 52.8 Å². The molecule has 0 spiro atoms. The van der Waals surface area contributed by atoms with Crippen LogP contribution in [0.15, 0.2) is 30.5 Å². The van der Waals surface area contributed by atoms with Crippen molar-refractivity contribution in [2.45, 2.75) is 13.5 Å². The molecule has 7 nitrogen and oxygen atoms in total. The van der Waals surface area contributed by atoms with Gasteiger partial charge in [-0.15, -0.1) is 0 Å². The van der Waals surface area contributed by atoms with Crippen molar-refractivity contribution in [1.29, 1.82) is 0 Å². The van der Waals surface area contributed by atoms with Gasteiger partial charge >= 0.3 is 5.97 Å². The highest BCUT2D eigenvalue weighted by atomic mass is 16.4. The summed E-state index contributed by atoms with van der Waals surface area (Å²) in [6.45, 7) is 5.58. The minimum atomic E-state index is -1.13. The molecule has 132 valence electrons. The molecule has 0 unspecified atom stereocenters. The summed E-state index contributed by atoms with van der Waals surface area (Å²) < 4.78 is 1.37. The van der Waals surface area contributed by atoms with Crippen LogP contribution >= 0.6 is 0 Å². The lowest BCUT2D eigenvalue weighted by Crippen LogP contribution is -2.48. The Labute approximate surface area is 146 Å². The average molecular weight is 342 g/mol. The van der Waals surface area contributed by atoms with E-state index < -0.39 is 5.97 Å². The molecule has 1 aromatic heterocycles. The van der Waals surface area contributed by atoms with Crippen LogP contribution in [0.5, 0.6) is 0 Å². The summed E-state index contributed by atoms with van der Waals surface area (Å²) in [5.74, 6) is -1.44. The number of hydrogen-bond acceptors (Lipinski definition) is 4. The number of rotatable bonds is 4. The topological polar surface area (TPSA) is 78.7 Å². The number of carboxylic acid groups (broad SMARTS) is 1. The summed E-state index contributed by atoms with van der Waals surface area (Å²) >= 11 is 0. The molecule has 3 rings (SSSR count). The van der Waals surface area contributed by atoms with Crippen molar-refractivity contribution in [2.75, 3.05) is 26.2 Å². The van der Waals surface area contributed by atoms with Gasteiger partial charge in [0, 0.05) is 46.0 Å². The van der Waals surface area contributed by atoms with Crippen molar-refractivity contribution in [2.24, 2.45) is 7.05 Å². The number of carbonyl (C=O) groups is 2. The van der Waals surface area contributed by atoms with Gasteiger partial charge < -0.3 is 10.0 Å². The zero-order valence-electron chi connectivity index (χ0n) is 14.5. The van der Waals surface area contributed by atoms with Crippen molar-refractivity contribution < 1.29 is 14.7 Å². The maximum atomic E-state index is 12.6. The van der Waals surface area contributed by atoms with Crippen LogP contribution in [-0.2, 0) is 13.6 Å². The molecule has 1 aliphatic heterocycles. The third kappa shape index (κ3) is 3.88. The van der Waals surface area contributed by atoms with Crippen LogP contribution < -0.4 is 0 Å². The lowest BCUT2D eigenvalue weighted by Gasteiger charge is -2.34. The highest BCUT2D eigenvalue weighted by molar-refractivity contribution is 6.03. The van der Waals surface area contributed by atoms with Crippen molar-refractivity contribution in [3.8, 4) is 0 Å². The first-order valence-electron chi connectivity index (χ1n) is 8.28. The quantitative estimate of drug-likeness (QED) is 0.908. The fraction of sp³-hybridized carbons (Fsp3) is 0.389. The molecule has 1 aliphatic rings. The lowest BCUT2D eigenvalue weighted by molar-refractivity contribution is 0.0604. The predicted octanol–water partition coefficient (Wildman–Crippen LogP) is 1.38. The maximum Gasteiger partial charge on any atom is 0.339 e. The smallest absolute Gasteiger partial charge is 0.339 e. The Morgan fingerprint density at radius 2 is 1.76 bits per heavy atom. The number of hydrogen-bond donors (Lipinski definition) is 1. The number of aryl methyl sites for hydroxylation is 2. The number of nitrogens with zero attached hydrogens (tertiary/aromatic N) is 4. The summed E-state index contributed by atoms with van der Waals surface area (Å²) in [4.78, 5) is 27.9. The van der Waals surface area contributed by atoms with Crippen LogP contribution in [0.2, 0.25) is 0 Å². The van der Waals surface area contributed by atoms with Crippen molar-refractivity contribution in [1.82, 2.24) is 19.6 Å². The number of aromatic carboxylic acids is 1. The van der Waals surface area contributed by atoms with E-state index in [2.05, 4.69) is 41.2 Å². The molecule has 0 saturated carbocycles. The molecular weight excluding hydrogens is 320 g/mol. The number of amides is 1. The fourth-order valence-electron chi connectivity index (χ4n) is 3.01. The van der Waals surface area contributed by atoms with Crippen LogP contribution in [0.25, 0.3) is 0 Å². The monoisotopic (exact) mass is 342 g/mol. The zero-order chi connectivity index (χ0) is 18.0. The van der Waals surface area contributed by atoms with Gasteiger partial charge in [-0.2, -0.15) is 5.10 Å². The Hall–Kier alpha value is -2.67. The summed E-state index contributed by atoms with van der Waals surface area (Å²) in [7, 11) is 1.61. The third-order valence-corrected chi connectivity index (χ3v) is 4.45. The van der Waals surface area contributed by atoms with E-state index in [1.807, 2.05) is 0 Å². The van der Waals surface area contributed by atoms with Gasteiger partial charge in [-0.05, 0) is 12.5 Å². The second-order valence-corrected chi connectivity index (χ2v) is 6.42. The molecule has 1 N–H and O–H groups in total. The first-order valence-corrected chi connectivity index (χ1v) is 8.28. The molecule has 0 bridgehead atoms. The minimum absolute atomic E-state index is 0.0157. The standard InChI is InChI=1S/C18H22N4O3/c1-13-3-5-14(6-4-13)11-21-7-9-22(10-8-21)17(23)16-15(18(24)25)12-20(2)19-16/h3-6,12H,7-11H2,1-2H3,(H,24,25). The Morgan fingerprint density at radius 3 is 2.36 bits per heavy atom. The second kappa shape index (κ2) is 7.06. The van der Waals surface area contributed by atoms with Gasteiger partial charge in [0.25, 0.3) is 5.91 Å². The van der Waals surface area contributed by atoms with Gasteiger partial charge in [-0.1, -0.05) is 29.8 Å². The zero-order valence-corrected chi connectivity index (χ0v) is 14.5. The minimum Gasteiger partial charge on any atom is -0.478 e. The van der Waals surface area contributed by atoms with Crippen LogP contribution in [-0.4, -0.2) is 62.7 Å². The highest BCUT2D eigenvalue weighted by Gasteiger charge is 2.28. The fourth-order valence-corrected chi connectivity index (χ4v) is 3.01. The van der Waals surface area contributed by atoms with Gasteiger partial charge in [0.2, 0.25) is 0 Å². The Bertz CT molecular complexity index is 774. The van der Waals surface area contributed by atoms with E-state index in [1.165, 1.54) is 22.0 Å². The van der Waals surface area contributed by atoms with Gasteiger partial charge in [0.05, 0.1) is 0 Å². The Morgan fingerprint density at radius 1 is 1.12 bits per heavy atom. The molecule has 25 heavy (non-hydrogen) atoms. The van der Waals surface area contributed by atoms with E-state index in [-0.39, 0.29) is 17.2 Å². The summed E-state index contributed by atoms with van der Waals surface area (Å²) in [6, 6.07) is 8.45. The molecule has 2 aromatic rings. The van der Waals surface area contributed by atoms with E-state index >= 15 is 0 Å². The normalized spacial score (nSPS) is 15.4. The first-order chi connectivity index (χ1) is 11.9. The summed E-state index contributed by atoms with van der Waals surface area (Å²) in [6.07, 6.45) is 1.36. The average Bonchev–Trinajstić information content (AvgIpc) is 2.99. The molecule has 7 heteroatoms. The van der Waals surface area contributed by atoms with E-state index in [0.717, 1.165) is 19.6 Å². The molecule has 2 heterocycles. The third-order valence-electron chi connectivity index (χ3n) is 4.45. The molecule has 0 aliphatic carbocycles. The summed E-state index contributed by atoms with van der Waals surface area (Å²) in [5, 5.41) is 13.3. The maximum absolute atomic E-state index is 12.6.